The molecule has 26 heavy (non-hydrogen) atoms. The summed E-state index contributed by atoms with van der Waals surface area (Å²) in [4.78, 5) is 25.3. The highest BCUT2D eigenvalue weighted by Gasteiger charge is 2.41. The van der Waals surface area contributed by atoms with Gasteiger partial charge in [0.2, 0.25) is 15.9 Å². The molecule has 0 aromatic heterocycles. The van der Waals surface area contributed by atoms with Gasteiger partial charge >= 0.3 is 5.97 Å². The molecular weight excluding hydrogens is 360 g/mol. The number of nitrogens with zero attached hydrogens (tertiary/aromatic N) is 2. The van der Waals surface area contributed by atoms with Crippen molar-refractivity contribution in [3.05, 3.63) is 0 Å². The van der Waals surface area contributed by atoms with Crippen LogP contribution in [0.4, 0.5) is 0 Å². The van der Waals surface area contributed by atoms with Gasteiger partial charge in [-0.15, -0.1) is 0 Å². The monoisotopic (exact) mass is 388 g/mol. The molecule has 0 aromatic rings. The predicted molar refractivity (Wildman–Crippen MR) is 93.9 cm³/mol. The van der Waals surface area contributed by atoms with Crippen LogP contribution in [0.5, 0.6) is 0 Å². The van der Waals surface area contributed by atoms with E-state index in [1.54, 1.807) is 4.90 Å². The lowest BCUT2D eigenvalue weighted by molar-refractivity contribution is -0.142. The van der Waals surface area contributed by atoms with Crippen molar-refractivity contribution in [2.75, 3.05) is 39.0 Å². The van der Waals surface area contributed by atoms with E-state index in [9.17, 15) is 18.0 Å². The van der Waals surface area contributed by atoms with Gasteiger partial charge in [0, 0.05) is 26.1 Å². The molecule has 1 heterocycles. The van der Waals surface area contributed by atoms with Gasteiger partial charge in [-0.3, -0.25) is 9.59 Å². The highest BCUT2D eigenvalue weighted by atomic mass is 32.2. The fraction of sp³-hybridized carbons (Fsp3) is 0.882. The van der Waals surface area contributed by atoms with Crippen LogP contribution in [0.25, 0.3) is 0 Å². The fourth-order valence-corrected chi connectivity index (χ4v) is 5.51. The molecule has 2 saturated carbocycles. The largest absolute Gasteiger partial charge is 0.480 e. The second-order valence-electron chi connectivity index (χ2n) is 7.92. The Morgan fingerprint density at radius 2 is 2.04 bits per heavy atom. The molecule has 4 unspecified atom stereocenters. The Hall–Kier alpha value is -1.19. The first-order valence-corrected chi connectivity index (χ1v) is 11.1. The number of morpholine rings is 1. The van der Waals surface area contributed by atoms with Crippen molar-refractivity contribution in [1.29, 1.82) is 0 Å². The lowest BCUT2D eigenvalue weighted by Crippen LogP contribution is -2.51. The van der Waals surface area contributed by atoms with E-state index >= 15 is 0 Å². The van der Waals surface area contributed by atoms with Crippen molar-refractivity contribution >= 4 is 21.9 Å². The Kier molecular flexibility index (Phi) is 5.88. The molecule has 8 nitrogen and oxygen atoms in total. The van der Waals surface area contributed by atoms with E-state index in [0.29, 0.717) is 38.0 Å². The molecule has 0 radical (unpaired) electrons. The average molecular weight is 388 g/mol. The van der Waals surface area contributed by atoms with Crippen molar-refractivity contribution in [3.63, 3.8) is 0 Å². The molecule has 2 bridgehead atoms. The minimum absolute atomic E-state index is 0.0525. The highest BCUT2D eigenvalue weighted by molar-refractivity contribution is 7.88. The lowest BCUT2D eigenvalue weighted by Gasteiger charge is -2.35. The first kappa shape index (κ1) is 19.6. The minimum atomic E-state index is -3.65. The zero-order valence-corrected chi connectivity index (χ0v) is 16.0. The summed E-state index contributed by atoms with van der Waals surface area (Å²) in [5.74, 6) is 0.879. The van der Waals surface area contributed by atoms with Crippen molar-refractivity contribution in [2.45, 2.75) is 38.2 Å². The summed E-state index contributed by atoms with van der Waals surface area (Å²) in [6.45, 7) is 0.512. The number of carbonyl (C=O) groups is 2. The first-order valence-electron chi connectivity index (χ1n) is 9.28. The lowest BCUT2D eigenvalue weighted by atomic mass is 9.86. The molecule has 0 spiro atoms. The van der Waals surface area contributed by atoms with Crippen molar-refractivity contribution in [3.8, 4) is 0 Å². The second kappa shape index (κ2) is 7.82. The zero-order valence-electron chi connectivity index (χ0n) is 15.2. The van der Waals surface area contributed by atoms with Crippen LogP contribution in [-0.2, 0) is 24.3 Å². The standard InChI is InChI=1S/C17H28N2O6S/c1-26(23,24)19(11-17(21)22)10-15-9-18(4-5-25-15)16(20)8-14-7-12-2-3-13(14)6-12/h12-15H,2-11H2,1H3,(H,21,22). The number of amides is 1. The molecule has 0 aromatic carbocycles. The number of hydrogen-bond donors (Lipinski definition) is 1. The minimum Gasteiger partial charge on any atom is -0.480 e. The molecule has 9 heteroatoms. The zero-order chi connectivity index (χ0) is 18.9. The van der Waals surface area contributed by atoms with E-state index in [-0.39, 0.29) is 12.5 Å². The van der Waals surface area contributed by atoms with Crippen LogP contribution in [-0.4, -0.2) is 79.8 Å². The van der Waals surface area contributed by atoms with Crippen LogP contribution in [0.15, 0.2) is 0 Å². The quantitative estimate of drug-likeness (QED) is 0.676. The summed E-state index contributed by atoms with van der Waals surface area (Å²) in [5.41, 5.74) is 0. The molecule has 1 amide bonds. The van der Waals surface area contributed by atoms with Crippen molar-refractivity contribution in [2.24, 2.45) is 17.8 Å². The van der Waals surface area contributed by atoms with Crippen LogP contribution in [0.2, 0.25) is 0 Å². The van der Waals surface area contributed by atoms with Gasteiger partial charge in [0.15, 0.2) is 0 Å². The normalized spacial score (nSPS) is 31.5. The third-order valence-electron chi connectivity index (χ3n) is 6.00. The van der Waals surface area contributed by atoms with Gasteiger partial charge in [0.05, 0.1) is 19.0 Å². The molecule has 4 atom stereocenters. The number of ether oxygens (including phenoxy) is 1. The number of carboxylic acid groups (broad SMARTS) is 1. The maximum Gasteiger partial charge on any atom is 0.318 e. The second-order valence-corrected chi connectivity index (χ2v) is 9.90. The fourth-order valence-electron chi connectivity index (χ4n) is 4.73. The number of aliphatic carboxylic acids is 1. The number of fused-ring (bicyclic) bond motifs is 2. The SMILES string of the molecule is CS(=O)(=O)N(CC(=O)O)CC1CN(C(=O)CC2CC3CCC2C3)CCO1. The van der Waals surface area contributed by atoms with Gasteiger partial charge in [-0.05, 0) is 37.0 Å². The van der Waals surface area contributed by atoms with Crippen LogP contribution >= 0.6 is 0 Å². The van der Waals surface area contributed by atoms with Crippen molar-refractivity contribution < 1.29 is 27.9 Å². The van der Waals surface area contributed by atoms with Crippen LogP contribution in [0, 0.1) is 17.8 Å². The topological polar surface area (TPSA) is 104 Å². The van der Waals surface area contributed by atoms with Gasteiger partial charge < -0.3 is 14.7 Å². The molecule has 3 aliphatic rings. The number of rotatable bonds is 7. The molecule has 2 aliphatic carbocycles. The van der Waals surface area contributed by atoms with Gasteiger partial charge in [0.1, 0.15) is 6.54 Å². The Morgan fingerprint density at radius 3 is 2.62 bits per heavy atom. The van der Waals surface area contributed by atoms with Gasteiger partial charge in [-0.1, -0.05) is 6.42 Å². The smallest absolute Gasteiger partial charge is 0.318 e. The summed E-state index contributed by atoms with van der Waals surface area (Å²) in [6.07, 6.45) is 6.02. The Labute approximate surface area is 154 Å². The van der Waals surface area contributed by atoms with E-state index in [4.69, 9.17) is 9.84 Å². The number of carbonyl (C=O) groups excluding carboxylic acids is 1. The predicted octanol–water partition coefficient (Wildman–Crippen LogP) is 0.386. The Morgan fingerprint density at radius 1 is 1.27 bits per heavy atom. The molecule has 1 saturated heterocycles. The van der Waals surface area contributed by atoms with E-state index in [1.807, 2.05) is 0 Å². The first-order chi connectivity index (χ1) is 12.2. The number of hydrogen-bond acceptors (Lipinski definition) is 5. The molecule has 3 fully saturated rings. The summed E-state index contributed by atoms with van der Waals surface area (Å²) < 4.78 is 30.1. The van der Waals surface area contributed by atoms with Crippen LogP contribution < -0.4 is 0 Å². The van der Waals surface area contributed by atoms with Gasteiger partial charge in [0.25, 0.3) is 0 Å². The van der Waals surface area contributed by atoms with Gasteiger partial charge in [-0.25, -0.2) is 8.42 Å². The third-order valence-corrected chi connectivity index (χ3v) is 7.22. The maximum absolute atomic E-state index is 12.7. The average Bonchev–Trinajstić information content (AvgIpc) is 3.16. The third kappa shape index (κ3) is 4.75. The Balaban J connectivity index is 1.54. The highest BCUT2D eigenvalue weighted by Crippen LogP contribution is 2.49. The summed E-state index contributed by atoms with van der Waals surface area (Å²) in [7, 11) is -3.65. The molecule has 1 aliphatic heterocycles. The van der Waals surface area contributed by atoms with E-state index in [0.717, 1.165) is 22.9 Å². The molecule has 1 N–H and O–H groups in total. The number of carboxylic acids is 1. The van der Waals surface area contributed by atoms with E-state index in [2.05, 4.69) is 0 Å². The van der Waals surface area contributed by atoms with Crippen molar-refractivity contribution in [1.82, 2.24) is 9.21 Å². The molecule has 3 rings (SSSR count). The molecular formula is C17H28N2O6S. The van der Waals surface area contributed by atoms with E-state index < -0.39 is 28.6 Å². The van der Waals surface area contributed by atoms with Crippen LogP contribution in [0.1, 0.15) is 32.1 Å². The summed E-state index contributed by atoms with van der Waals surface area (Å²) >= 11 is 0. The number of sulfonamides is 1. The van der Waals surface area contributed by atoms with E-state index in [1.165, 1.54) is 19.3 Å². The maximum atomic E-state index is 12.7. The van der Waals surface area contributed by atoms with Gasteiger partial charge in [-0.2, -0.15) is 4.31 Å². The van der Waals surface area contributed by atoms with Crippen LogP contribution in [0.3, 0.4) is 0 Å². The Bertz CT molecular complexity index is 652. The summed E-state index contributed by atoms with van der Waals surface area (Å²) in [5, 5.41) is 8.92. The summed E-state index contributed by atoms with van der Waals surface area (Å²) in [6, 6.07) is 0. The molecule has 148 valence electrons.